The molecule has 0 aliphatic heterocycles. The second kappa shape index (κ2) is 3.66. The van der Waals surface area contributed by atoms with Crippen LogP contribution in [0.25, 0.3) is 10.9 Å². The van der Waals surface area contributed by atoms with Gasteiger partial charge in [0.2, 0.25) is 0 Å². The monoisotopic (exact) mass is 219 g/mol. The number of nitrogens with one attached hydrogen (secondary N) is 2. The first-order chi connectivity index (χ1) is 7.18. The van der Waals surface area contributed by atoms with Crippen molar-refractivity contribution in [3.63, 3.8) is 0 Å². The Kier molecular flexibility index (Phi) is 2.34. The molecule has 0 atom stereocenters. The van der Waals surface area contributed by atoms with Crippen LogP contribution < -0.4 is 16.6 Å². The van der Waals surface area contributed by atoms with E-state index in [1.165, 1.54) is 11.0 Å². The Balaban J connectivity index is 2.65. The Morgan fingerprint density at radius 1 is 1.47 bits per heavy atom. The van der Waals surface area contributed by atoms with Crippen LogP contribution in [0.1, 0.15) is 0 Å². The van der Waals surface area contributed by atoms with Gasteiger partial charge >= 0.3 is 0 Å². The van der Waals surface area contributed by atoms with Gasteiger partial charge in [0.1, 0.15) is 6.33 Å². The van der Waals surface area contributed by atoms with E-state index in [9.17, 15) is 0 Å². The molecule has 15 heavy (non-hydrogen) atoms. The van der Waals surface area contributed by atoms with E-state index in [-0.39, 0.29) is 10.6 Å². The minimum atomic E-state index is 0.102. The standard InChI is InChI=1S/C9H9N5S/c10-8-6-3-1-2-4-7(6)12-5-14(8)13-9(11)15/h1-5,10H,(H3,11,13,15). The molecule has 5 nitrogen and oxygen atoms in total. The van der Waals surface area contributed by atoms with E-state index in [4.69, 9.17) is 23.4 Å². The van der Waals surface area contributed by atoms with Gasteiger partial charge in [0.15, 0.2) is 10.6 Å². The number of para-hydroxylation sites is 1. The van der Waals surface area contributed by atoms with Crippen molar-refractivity contribution in [3.8, 4) is 0 Å². The van der Waals surface area contributed by atoms with E-state index in [1.807, 2.05) is 24.3 Å². The predicted octanol–water partition coefficient (Wildman–Crippen LogP) is 0.303. The van der Waals surface area contributed by atoms with Gasteiger partial charge in [-0.3, -0.25) is 10.8 Å². The Hall–Kier alpha value is -1.95. The number of rotatable bonds is 1. The van der Waals surface area contributed by atoms with Gasteiger partial charge in [0, 0.05) is 5.39 Å². The van der Waals surface area contributed by atoms with Gasteiger partial charge in [-0.15, -0.1) is 0 Å². The average molecular weight is 219 g/mol. The Morgan fingerprint density at radius 2 is 2.20 bits per heavy atom. The maximum atomic E-state index is 7.88. The summed E-state index contributed by atoms with van der Waals surface area (Å²) in [5.41, 5.74) is 9.01. The Labute approximate surface area is 91.0 Å². The fourth-order valence-corrected chi connectivity index (χ4v) is 1.40. The molecule has 2 aromatic rings. The van der Waals surface area contributed by atoms with Gasteiger partial charge in [0.25, 0.3) is 0 Å². The lowest BCUT2D eigenvalue weighted by Crippen LogP contribution is -2.36. The van der Waals surface area contributed by atoms with E-state index in [0.717, 1.165) is 10.9 Å². The van der Waals surface area contributed by atoms with Crippen LogP contribution in [0, 0.1) is 5.41 Å². The van der Waals surface area contributed by atoms with Crippen LogP contribution in [-0.2, 0) is 0 Å². The summed E-state index contributed by atoms with van der Waals surface area (Å²) >= 11 is 4.69. The lowest BCUT2D eigenvalue weighted by atomic mass is 10.2. The normalized spacial score (nSPS) is 10.1. The molecule has 2 rings (SSSR count). The zero-order valence-corrected chi connectivity index (χ0v) is 8.58. The summed E-state index contributed by atoms with van der Waals surface area (Å²) in [5.74, 6) is 0. The molecule has 0 bridgehead atoms. The maximum absolute atomic E-state index is 7.88. The highest BCUT2D eigenvalue weighted by Gasteiger charge is 1.99. The molecule has 1 aromatic carbocycles. The predicted molar refractivity (Wildman–Crippen MR) is 61.7 cm³/mol. The largest absolute Gasteiger partial charge is 0.375 e. The van der Waals surface area contributed by atoms with E-state index < -0.39 is 0 Å². The highest BCUT2D eigenvalue weighted by Crippen LogP contribution is 2.03. The topological polar surface area (TPSA) is 79.7 Å². The van der Waals surface area contributed by atoms with Crippen LogP contribution >= 0.6 is 12.2 Å². The van der Waals surface area contributed by atoms with Crippen molar-refractivity contribution in [2.45, 2.75) is 0 Å². The van der Waals surface area contributed by atoms with E-state index in [1.54, 1.807) is 0 Å². The van der Waals surface area contributed by atoms with Crippen LogP contribution in [0.3, 0.4) is 0 Å². The molecule has 1 aromatic heterocycles. The minimum absolute atomic E-state index is 0.102. The fraction of sp³-hybridized carbons (Fsp3) is 0. The van der Waals surface area contributed by atoms with E-state index in [2.05, 4.69) is 10.4 Å². The molecular formula is C9H9N5S. The summed E-state index contributed by atoms with van der Waals surface area (Å²) in [6.45, 7) is 0. The molecule has 0 fully saturated rings. The summed E-state index contributed by atoms with van der Waals surface area (Å²) < 4.78 is 1.38. The number of fused-ring (bicyclic) bond motifs is 1. The first-order valence-corrected chi connectivity index (χ1v) is 4.67. The molecule has 0 unspecified atom stereocenters. The highest BCUT2D eigenvalue weighted by atomic mass is 32.1. The molecule has 1 heterocycles. The van der Waals surface area contributed by atoms with Crippen molar-refractivity contribution in [1.29, 1.82) is 5.41 Å². The highest BCUT2D eigenvalue weighted by molar-refractivity contribution is 7.80. The van der Waals surface area contributed by atoms with E-state index >= 15 is 0 Å². The minimum Gasteiger partial charge on any atom is -0.375 e. The molecule has 76 valence electrons. The fourth-order valence-electron chi connectivity index (χ4n) is 1.30. The summed E-state index contributed by atoms with van der Waals surface area (Å²) in [4.78, 5) is 4.16. The zero-order chi connectivity index (χ0) is 10.8. The van der Waals surface area contributed by atoms with Gasteiger partial charge in [-0.1, -0.05) is 12.1 Å². The third kappa shape index (κ3) is 1.79. The Bertz CT molecular complexity index is 574. The smallest absolute Gasteiger partial charge is 0.183 e. The number of hydrogen-bond acceptors (Lipinski definition) is 3. The molecular weight excluding hydrogens is 210 g/mol. The first kappa shape index (κ1) is 9.60. The number of hydrogen-bond donors (Lipinski definition) is 3. The number of nitrogens with zero attached hydrogens (tertiary/aromatic N) is 2. The van der Waals surface area contributed by atoms with Crippen molar-refractivity contribution in [3.05, 3.63) is 36.1 Å². The van der Waals surface area contributed by atoms with Crippen molar-refractivity contribution in [1.82, 2.24) is 9.66 Å². The summed E-state index contributed by atoms with van der Waals surface area (Å²) in [7, 11) is 0. The van der Waals surface area contributed by atoms with E-state index in [0.29, 0.717) is 0 Å². The molecule has 0 aliphatic rings. The Morgan fingerprint density at radius 3 is 2.93 bits per heavy atom. The van der Waals surface area contributed by atoms with Crippen LogP contribution in [0.4, 0.5) is 0 Å². The molecule has 0 aliphatic carbocycles. The molecule has 4 N–H and O–H groups in total. The van der Waals surface area contributed by atoms with Gasteiger partial charge in [-0.05, 0) is 24.4 Å². The molecule has 0 saturated heterocycles. The number of aromatic nitrogens is 2. The second-order valence-corrected chi connectivity index (χ2v) is 3.40. The first-order valence-electron chi connectivity index (χ1n) is 4.26. The quantitative estimate of drug-likeness (QED) is 0.603. The maximum Gasteiger partial charge on any atom is 0.183 e. The number of benzene rings is 1. The van der Waals surface area contributed by atoms with Crippen LogP contribution in [0.15, 0.2) is 30.6 Å². The lowest BCUT2D eigenvalue weighted by Gasteiger charge is -2.08. The molecule has 0 saturated carbocycles. The van der Waals surface area contributed by atoms with Crippen LogP contribution in [-0.4, -0.2) is 14.8 Å². The SMILES string of the molecule is N=c1c2ccccc2ncn1NC(N)=S. The van der Waals surface area contributed by atoms with Gasteiger partial charge < -0.3 is 5.73 Å². The zero-order valence-electron chi connectivity index (χ0n) is 7.77. The number of thiocarbonyl (C=S) groups is 1. The van der Waals surface area contributed by atoms with Crippen LogP contribution in [0.5, 0.6) is 0 Å². The summed E-state index contributed by atoms with van der Waals surface area (Å²) in [6, 6.07) is 7.40. The number of nitrogens with two attached hydrogens (primary N) is 1. The third-order valence-electron chi connectivity index (χ3n) is 1.94. The molecule has 0 amide bonds. The summed E-state index contributed by atoms with van der Waals surface area (Å²) in [6.07, 6.45) is 1.48. The molecule has 0 radical (unpaired) electrons. The van der Waals surface area contributed by atoms with Crippen molar-refractivity contribution in [2.24, 2.45) is 5.73 Å². The summed E-state index contributed by atoms with van der Waals surface area (Å²) in [5, 5.41) is 8.72. The average Bonchev–Trinajstić information content (AvgIpc) is 2.22. The molecule has 6 heteroatoms. The van der Waals surface area contributed by atoms with Crippen LogP contribution in [0.2, 0.25) is 0 Å². The van der Waals surface area contributed by atoms with Crippen molar-refractivity contribution >= 4 is 28.2 Å². The van der Waals surface area contributed by atoms with Gasteiger partial charge in [-0.25, -0.2) is 9.66 Å². The van der Waals surface area contributed by atoms with Gasteiger partial charge in [0.05, 0.1) is 5.52 Å². The lowest BCUT2D eigenvalue weighted by molar-refractivity contribution is 0.851. The van der Waals surface area contributed by atoms with Crippen molar-refractivity contribution in [2.75, 3.05) is 5.43 Å². The van der Waals surface area contributed by atoms with Gasteiger partial charge in [-0.2, -0.15) is 0 Å². The third-order valence-corrected chi connectivity index (χ3v) is 2.03. The molecule has 0 spiro atoms. The van der Waals surface area contributed by atoms with Crippen molar-refractivity contribution < 1.29 is 0 Å². The second-order valence-electron chi connectivity index (χ2n) is 2.96.